The van der Waals surface area contributed by atoms with Crippen LogP contribution in [0.4, 0.5) is 0 Å². The first-order valence-corrected chi connectivity index (χ1v) is 9.38. The number of hydrogen-bond donors (Lipinski definition) is 3. The number of amides is 1. The molecule has 0 radical (unpaired) electrons. The number of aliphatic carboxylic acids is 2. The summed E-state index contributed by atoms with van der Waals surface area (Å²) in [6.45, 7) is 6.92. The SMILES string of the molecule is CCc1ncc(C(=O)NCC2CCCN2CC)c(OC)n1.O=C(O)/C=C/C(=O)O. The number of ether oxygens (including phenoxy) is 1. The maximum atomic E-state index is 12.3. The van der Waals surface area contributed by atoms with Crippen molar-refractivity contribution in [3.8, 4) is 5.88 Å². The van der Waals surface area contributed by atoms with Crippen molar-refractivity contribution in [2.75, 3.05) is 26.7 Å². The number of likely N-dealkylation sites (N-methyl/N-ethyl adjacent to an activating group) is 1. The van der Waals surface area contributed by atoms with Crippen LogP contribution < -0.4 is 10.1 Å². The standard InChI is InChI=1S/C15H24N4O2.C4H4O4/c1-4-13-16-10-12(15(18-13)21-3)14(20)17-9-11-7-6-8-19(11)5-2;5-3(6)1-2-4(7)8/h10-11H,4-9H2,1-3H3,(H,17,20);1-2H,(H,5,6)(H,7,8)/b;2-1+. The Hall–Kier alpha value is -3.01. The van der Waals surface area contributed by atoms with E-state index in [1.54, 1.807) is 6.20 Å². The van der Waals surface area contributed by atoms with E-state index < -0.39 is 11.9 Å². The Morgan fingerprint density at radius 3 is 2.45 bits per heavy atom. The highest BCUT2D eigenvalue weighted by Crippen LogP contribution is 2.17. The molecule has 1 aromatic rings. The number of hydrogen-bond acceptors (Lipinski definition) is 7. The minimum atomic E-state index is -1.26. The van der Waals surface area contributed by atoms with Gasteiger partial charge in [-0.15, -0.1) is 0 Å². The summed E-state index contributed by atoms with van der Waals surface area (Å²) in [6.07, 6.45) is 5.71. The van der Waals surface area contributed by atoms with Crippen molar-refractivity contribution < 1.29 is 29.3 Å². The molecular formula is C19H28N4O6. The summed E-state index contributed by atoms with van der Waals surface area (Å²) in [4.78, 5) is 42.2. The molecule has 0 bridgehead atoms. The molecule has 0 spiro atoms. The number of carbonyl (C=O) groups is 3. The van der Waals surface area contributed by atoms with Gasteiger partial charge in [-0.05, 0) is 25.9 Å². The highest BCUT2D eigenvalue weighted by atomic mass is 16.5. The largest absolute Gasteiger partial charge is 0.480 e. The number of rotatable bonds is 8. The van der Waals surface area contributed by atoms with Crippen LogP contribution in [0, 0.1) is 0 Å². The maximum absolute atomic E-state index is 12.3. The third kappa shape index (κ3) is 8.26. The zero-order chi connectivity index (χ0) is 21.8. The molecule has 1 aliphatic heterocycles. The van der Waals surface area contributed by atoms with Gasteiger partial charge in [0.25, 0.3) is 5.91 Å². The quantitative estimate of drug-likeness (QED) is 0.536. The number of carboxylic acids is 2. The monoisotopic (exact) mass is 408 g/mol. The van der Waals surface area contributed by atoms with E-state index in [0.717, 1.165) is 19.5 Å². The molecule has 1 aromatic heterocycles. The second-order valence-electron chi connectivity index (χ2n) is 6.21. The Bertz CT molecular complexity index is 721. The topological polar surface area (TPSA) is 142 Å². The molecule has 2 heterocycles. The van der Waals surface area contributed by atoms with Crippen molar-refractivity contribution in [2.24, 2.45) is 0 Å². The lowest BCUT2D eigenvalue weighted by Crippen LogP contribution is -2.40. The van der Waals surface area contributed by atoms with Gasteiger partial charge in [-0.25, -0.2) is 14.6 Å². The number of nitrogens with one attached hydrogen (secondary N) is 1. The lowest BCUT2D eigenvalue weighted by molar-refractivity contribution is -0.134. The van der Waals surface area contributed by atoms with E-state index in [4.69, 9.17) is 14.9 Å². The van der Waals surface area contributed by atoms with E-state index in [-0.39, 0.29) is 5.91 Å². The molecule has 29 heavy (non-hydrogen) atoms. The molecule has 1 amide bonds. The van der Waals surface area contributed by atoms with Gasteiger partial charge < -0.3 is 20.3 Å². The summed E-state index contributed by atoms with van der Waals surface area (Å²) in [5.74, 6) is -1.66. The first-order chi connectivity index (χ1) is 13.8. The van der Waals surface area contributed by atoms with Crippen LogP contribution in [0.1, 0.15) is 42.9 Å². The van der Waals surface area contributed by atoms with Gasteiger partial charge in [-0.1, -0.05) is 13.8 Å². The van der Waals surface area contributed by atoms with Gasteiger partial charge in [0.1, 0.15) is 11.4 Å². The summed E-state index contributed by atoms with van der Waals surface area (Å²) < 4.78 is 5.20. The predicted molar refractivity (Wildman–Crippen MR) is 105 cm³/mol. The molecule has 0 saturated carbocycles. The van der Waals surface area contributed by atoms with Crippen LogP contribution >= 0.6 is 0 Å². The Kier molecular flexibility index (Phi) is 10.3. The fourth-order valence-electron chi connectivity index (χ4n) is 2.87. The van der Waals surface area contributed by atoms with Crippen LogP contribution in [0.25, 0.3) is 0 Å². The Labute approximate surface area is 169 Å². The maximum Gasteiger partial charge on any atom is 0.328 e. The molecule has 0 aliphatic carbocycles. The number of carbonyl (C=O) groups excluding carboxylic acids is 1. The molecule has 1 aliphatic rings. The molecule has 2 rings (SSSR count). The number of nitrogens with zero attached hydrogens (tertiary/aromatic N) is 3. The Morgan fingerprint density at radius 2 is 1.93 bits per heavy atom. The van der Waals surface area contributed by atoms with Gasteiger partial charge in [0.05, 0.1) is 7.11 Å². The molecule has 160 valence electrons. The van der Waals surface area contributed by atoms with Crippen molar-refractivity contribution in [3.05, 3.63) is 29.7 Å². The summed E-state index contributed by atoms with van der Waals surface area (Å²) in [5.41, 5.74) is 0.399. The summed E-state index contributed by atoms with van der Waals surface area (Å²) in [7, 11) is 1.52. The Balaban J connectivity index is 0.000000447. The van der Waals surface area contributed by atoms with Crippen LogP contribution in [0.3, 0.4) is 0 Å². The zero-order valence-corrected chi connectivity index (χ0v) is 16.9. The zero-order valence-electron chi connectivity index (χ0n) is 16.9. The van der Waals surface area contributed by atoms with Crippen LogP contribution in [-0.2, 0) is 16.0 Å². The molecule has 10 nitrogen and oxygen atoms in total. The molecular weight excluding hydrogens is 380 g/mol. The van der Waals surface area contributed by atoms with E-state index in [2.05, 4.69) is 27.1 Å². The normalized spacial score (nSPS) is 16.2. The van der Waals surface area contributed by atoms with Crippen molar-refractivity contribution in [2.45, 2.75) is 39.2 Å². The van der Waals surface area contributed by atoms with Gasteiger partial charge in [-0.2, -0.15) is 4.98 Å². The van der Waals surface area contributed by atoms with E-state index in [1.165, 1.54) is 13.5 Å². The molecule has 3 N–H and O–H groups in total. The fourth-order valence-corrected chi connectivity index (χ4v) is 2.87. The van der Waals surface area contributed by atoms with Crippen LogP contribution in [-0.4, -0.2) is 75.7 Å². The second-order valence-corrected chi connectivity index (χ2v) is 6.21. The first kappa shape index (κ1) is 24.0. The number of carboxylic acid groups (broad SMARTS) is 2. The fraction of sp³-hybridized carbons (Fsp3) is 0.526. The molecule has 10 heteroatoms. The second kappa shape index (κ2) is 12.4. The number of aromatic nitrogens is 2. The summed E-state index contributed by atoms with van der Waals surface area (Å²) in [5, 5.41) is 18.6. The smallest absolute Gasteiger partial charge is 0.328 e. The van der Waals surface area contributed by atoms with Crippen molar-refractivity contribution in [1.29, 1.82) is 0 Å². The third-order valence-electron chi connectivity index (χ3n) is 4.33. The number of aryl methyl sites for hydroxylation is 1. The van der Waals surface area contributed by atoms with E-state index in [1.807, 2.05) is 6.92 Å². The van der Waals surface area contributed by atoms with Crippen molar-refractivity contribution in [1.82, 2.24) is 20.2 Å². The molecule has 1 saturated heterocycles. The van der Waals surface area contributed by atoms with Gasteiger partial charge in [0, 0.05) is 37.4 Å². The molecule has 1 unspecified atom stereocenters. The minimum Gasteiger partial charge on any atom is -0.480 e. The average molecular weight is 408 g/mol. The summed E-state index contributed by atoms with van der Waals surface area (Å²) >= 11 is 0. The summed E-state index contributed by atoms with van der Waals surface area (Å²) in [6, 6.07) is 0.431. The molecule has 0 aromatic carbocycles. The van der Waals surface area contributed by atoms with E-state index in [9.17, 15) is 14.4 Å². The highest BCUT2D eigenvalue weighted by Gasteiger charge is 2.24. The predicted octanol–water partition coefficient (Wildman–Crippen LogP) is 0.974. The minimum absolute atomic E-state index is 0.169. The Morgan fingerprint density at radius 1 is 1.28 bits per heavy atom. The van der Waals surface area contributed by atoms with Gasteiger partial charge in [0.15, 0.2) is 0 Å². The number of likely N-dealkylation sites (tertiary alicyclic amines) is 1. The lowest BCUT2D eigenvalue weighted by atomic mass is 10.2. The molecule has 1 atom stereocenters. The first-order valence-electron chi connectivity index (χ1n) is 9.38. The van der Waals surface area contributed by atoms with Crippen molar-refractivity contribution in [3.63, 3.8) is 0 Å². The average Bonchev–Trinajstić information content (AvgIpc) is 3.18. The van der Waals surface area contributed by atoms with Gasteiger partial charge in [-0.3, -0.25) is 9.69 Å². The van der Waals surface area contributed by atoms with Crippen LogP contribution in [0.15, 0.2) is 18.3 Å². The van der Waals surface area contributed by atoms with Crippen molar-refractivity contribution >= 4 is 17.8 Å². The third-order valence-corrected chi connectivity index (χ3v) is 4.33. The lowest BCUT2D eigenvalue weighted by Gasteiger charge is -2.22. The highest BCUT2D eigenvalue weighted by molar-refractivity contribution is 5.96. The van der Waals surface area contributed by atoms with E-state index in [0.29, 0.717) is 48.4 Å². The van der Waals surface area contributed by atoms with Crippen LogP contribution in [0.2, 0.25) is 0 Å². The number of methoxy groups -OCH3 is 1. The van der Waals surface area contributed by atoms with E-state index >= 15 is 0 Å². The van der Waals surface area contributed by atoms with Gasteiger partial charge in [0.2, 0.25) is 5.88 Å². The van der Waals surface area contributed by atoms with Gasteiger partial charge >= 0.3 is 11.9 Å². The van der Waals surface area contributed by atoms with Crippen LogP contribution in [0.5, 0.6) is 5.88 Å². The molecule has 1 fully saturated rings.